The van der Waals surface area contributed by atoms with Crippen LogP contribution >= 0.6 is 0 Å². The van der Waals surface area contributed by atoms with Crippen LogP contribution in [0.5, 0.6) is 0 Å². The fourth-order valence-corrected chi connectivity index (χ4v) is 6.09. The van der Waals surface area contributed by atoms with E-state index in [0.29, 0.717) is 67.9 Å². The fourth-order valence-electron chi connectivity index (χ4n) is 6.09. The highest BCUT2D eigenvalue weighted by Gasteiger charge is 2.38. The van der Waals surface area contributed by atoms with Crippen molar-refractivity contribution in [3.05, 3.63) is 36.2 Å². The third-order valence-electron chi connectivity index (χ3n) is 8.21. The average Bonchev–Trinajstić information content (AvgIpc) is 3.58. The molecular weight excluding hydrogens is 550 g/mol. The molecule has 1 aromatic carbocycles. The van der Waals surface area contributed by atoms with Crippen molar-refractivity contribution in [2.75, 3.05) is 50.2 Å². The number of benzene rings is 1. The number of imidazole rings is 1. The van der Waals surface area contributed by atoms with Gasteiger partial charge in [0.15, 0.2) is 5.82 Å². The van der Waals surface area contributed by atoms with Gasteiger partial charge in [0.2, 0.25) is 11.9 Å². The number of morpholine rings is 1. The monoisotopic (exact) mass is 584 g/mol. The summed E-state index contributed by atoms with van der Waals surface area (Å²) in [6, 6.07) is 8.33. The molecule has 1 atom stereocenters. The number of anilines is 2. The molecule has 0 unspecified atom stereocenters. The Hall–Kier alpha value is -4.07. The van der Waals surface area contributed by atoms with Gasteiger partial charge >= 0.3 is 6.09 Å². The van der Waals surface area contributed by atoms with E-state index in [2.05, 4.69) is 20.4 Å². The molecule has 0 spiro atoms. The Morgan fingerprint density at radius 3 is 2.55 bits per heavy atom. The van der Waals surface area contributed by atoms with E-state index in [1.54, 1.807) is 30.3 Å². The van der Waals surface area contributed by atoms with Crippen LogP contribution in [0.1, 0.15) is 44.4 Å². The van der Waals surface area contributed by atoms with Gasteiger partial charge in [0.05, 0.1) is 31.4 Å². The number of nitrogens with zero attached hydrogens (tertiary/aromatic N) is 6. The molecular formula is C28H34F2N8O4. The fraction of sp³-hybridized carbons (Fsp3) is 0.536. The summed E-state index contributed by atoms with van der Waals surface area (Å²) in [5, 5.41) is 6.13. The molecule has 2 aromatic heterocycles. The van der Waals surface area contributed by atoms with Crippen LogP contribution in [0.2, 0.25) is 0 Å². The highest BCUT2D eigenvalue weighted by molar-refractivity contribution is 5.87. The Morgan fingerprint density at radius 2 is 1.81 bits per heavy atom. The maximum atomic E-state index is 14.2. The number of ether oxygens (including phenoxy) is 2. The second-order valence-corrected chi connectivity index (χ2v) is 10.8. The summed E-state index contributed by atoms with van der Waals surface area (Å²) >= 11 is 0. The lowest BCUT2D eigenvalue weighted by atomic mass is 9.90. The Labute approximate surface area is 241 Å². The summed E-state index contributed by atoms with van der Waals surface area (Å²) < 4.78 is 39.8. The van der Waals surface area contributed by atoms with Crippen LogP contribution in [0, 0.1) is 0 Å². The van der Waals surface area contributed by atoms with Gasteiger partial charge in [-0.1, -0.05) is 12.1 Å². The Balaban J connectivity index is 1.22. The average molecular weight is 585 g/mol. The van der Waals surface area contributed by atoms with Gasteiger partial charge in [0.1, 0.15) is 17.7 Å². The normalized spacial score (nSPS) is 23.0. The van der Waals surface area contributed by atoms with Gasteiger partial charge in [-0.2, -0.15) is 9.97 Å². The van der Waals surface area contributed by atoms with E-state index in [4.69, 9.17) is 14.7 Å². The number of halogens is 2. The molecule has 12 nitrogen and oxygen atoms in total. The van der Waals surface area contributed by atoms with Crippen LogP contribution in [-0.2, 0) is 14.3 Å². The molecule has 2 N–H and O–H groups in total. The molecule has 2 amide bonds. The molecule has 3 aromatic rings. The number of alkyl carbamates (subject to hydrolysis) is 1. The first-order chi connectivity index (χ1) is 20.4. The molecule has 42 heavy (non-hydrogen) atoms. The minimum absolute atomic E-state index is 0.0743. The van der Waals surface area contributed by atoms with Crippen LogP contribution < -0.4 is 15.5 Å². The second-order valence-electron chi connectivity index (χ2n) is 10.8. The molecule has 14 heteroatoms. The van der Waals surface area contributed by atoms with E-state index in [1.165, 1.54) is 11.7 Å². The molecule has 2 aliphatic heterocycles. The van der Waals surface area contributed by atoms with Gasteiger partial charge in [-0.05, 0) is 44.2 Å². The summed E-state index contributed by atoms with van der Waals surface area (Å²) in [4.78, 5) is 42.0. The zero-order chi connectivity index (χ0) is 29.2. The van der Waals surface area contributed by atoms with Crippen LogP contribution in [0.25, 0.3) is 16.9 Å². The zero-order valence-electron chi connectivity index (χ0n) is 23.3. The number of carbonyl (C=O) groups is 2. The number of hydrogen-bond donors (Lipinski definition) is 2. The van der Waals surface area contributed by atoms with Gasteiger partial charge in [-0.3, -0.25) is 9.36 Å². The number of para-hydroxylation sites is 2. The minimum atomic E-state index is -2.79. The number of nitrogens with one attached hydrogen (secondary N) is 2. The summed E-state index contributed by atoms with van der Waals surface area (Å²) in [6.45, 7) is 2.84. The molecule has 1 aliphatic carbocycles. The van der Waals surface area contributed by atoms with E-state index < -0.39 is 18.6 Å². The number of methoxy groups -OCH3 is 1. The van der Waals surface area contributed by atoms with Crippen LogP contribution in [0.4, 0.5) is 25.3 Å². The Kier molecular flexibility index (Phi) is 8.05. The number of carbonyl (C=O) groups excluding carboxylic acids is 2. The molecule has 4 heterocycles. The molecule has 6 rings (SSSR count). The first-order valence-corrected chi connectivity index (χ1v) is 14.3. The minimum Gasteiger partial charge on any atom is -0.453 e. The molecule has 0 bridgehead atoms. The predicted octanol–water partition coefficient (Wildman–Crippen LogP) is 3.27. The quantitative estimate of drug-likeness (QED) is 0.430. The molecule has 3 fully saturated rings. The van der Waals surface area contributed by atoms with E-state index in [9.17, 15) is 18.4 Å². The van der Waals surface area contributed by atoms with Crippen LogP contribution in [-0.4, -0.2) is 94.5 Å². The van der Waals surface area contributed by atoms with Crippen LogP contribution in [0.15, 0.2) is 30.3 Å². The summed E-state index contributed by atoms with van der Waals surface area (Å²) in [7, 11) is 1.28. The predicted molar refractivity (Wildman–Crippen MR) is 150 cm³/mol. The first kappa shape index (κ1) is 28.1. The van der Waals surface area contributed by atoms with Crippen molar-refractivity contribution in [3.8, 4) is 5.82 Å². The number of likely N-dealkylation sites (tertiary alicyclic amines) is 1. The number of amides is 2. The van der Waals surface area contributed by atoms with Gasteiger partial charge in [0.25, 0.3) is 6.43 Å². The van der Waals surface area contributed by atoms with Gasteiger partial charge in [-0.25, -0.2) is 18.6 Å². The largest absolute Gasteiger partial charge is 0.453 e. The molecule has 1 saturated carbocycles. The maximum absolute atomic E-state index is 14.2. The molecule has 2 saturated heterocycles. The first-order valence-electron chi connectivity index (χ1n) is 14.3. The molecule has 3 aliphatic rings. The van der Waals surface area contributed by atoms with Crippen molar-refractivity contribution in [1.82, 2.24) is 29.7 Å². The summed E-state index contributed by atoms with van der Waals surface area (Å²) in [6.07, 6.45) is 0.353. The van der Waals surface area contributed by atoms with Crippen molar-refractivity contribution in [2.24, 2.45) is 0 Å². The third-order valence-corrected chi connectivity index (χ3v) is 8.21. The third kappa shape index (κ3) is 5.67. The van der Waals surface area contributed by atoms with E-state index >= 15 is 0 Å². The highest BCUT2D eigenvalue weighted by Crippen LogP contribution is 2.31. The van der Waals surface area contributed by atoms with Crippen molar-refractivity contribution >= 4 is 34.8 Å². The zero-order valence-corrected chi connectivity index (χ0v) is 23.3. The van der Waals surface area contributed by atoms with Gasteiger partial charge < -0.3 is 29.9 Å². The number of aromatic nitrogens is 4. The Bertz CT molecular complexity index is 1440. The number of rotatable bonds is 7. The van der Waals surface area contributed by atoms with Crippen molar-refractivity contribution in [2.45, 2.75) is 56.7 Å². The smallest absolute Gasteiger partial charge is 0.407 e. The van der Waals surface area contributed by atoms with Gasteiger partial charge in [0, 0.05) is 37.8 Å². The lowest BCUT2D eigenvalue weighted by Gasteiger charge is -2.35. The van der Waals surface area contributed by atoms with Crippen molar-refractivity contribution < 1.29 is 27.8 Å². The van der Waals surface area contributed by atoms with Crippen LogP contribution in [0.3, 0.4) is 0 Å². The molecule has 224 valence electrons. The Morgan fingerprint density at radius 1 is 1.05 bits per heavy atom. The van der Waals surface area contributed by atoms with E-state index in [0.717, 1.165) is 25.7 Å². The lowest BCUT2D eigenvalue weighted by Crippen LogP contribution is -2.46. The summed E-state index contributed by atoms with van der Waals surface area (Å²) in [5.41, 5.74) is 1.01. The van der Waals surface area contributed by atoms with E-state index in [1.807, 2.05) is 9.80 Å². The maximum Gasteiger partial charge on any atom is 0.407 e. The van der Waals surface area contributed by atoms with Crippen molar-refractivity contribution in [1.29, 1.82) is 0 Å². The summed E-state index contributed by atoms with van der Waals surface area (Å²) in [5.74, 6) is 0.858. The highest BCUT2D eigenvalue weighted by atomic mass is 19.3. The van der Waals surface area contributed by atoms with Crippen molar-refractivity contribution in [3.63, 3.8) is 0 Å². The lowest BCUT2D eigenvalue weighted by molar-refractivity contribution is -0.131. The number of alkyl halides is 2. The second kappa shape index (κ2) is 12.0. The van der Waals surface area contributed by atoms with E-state index in [-0.39, 0.29) is 23.8 Å². The SMILES string of the molecule is COC(=O)N[C@H]1CCN([C@H]2CC[C@H](Nc3cc(-n4c(C(F)F)nc5ccccc54)nc(N4CCOCC4)n3)CC2)C1=O. The number of hydrogen-bond acceptors (Lipinski definition) is 9. The topological polar surface area (TPSA) is 127 Å². The standard InChI is InChI=1S/C28H34F2N8O4/c1-41-28(40)33-20-10-11-37(26(20)39)18-8-6-17(7-9-18)31-22-16-23(35-27(34-22)36-12-14-42-15-13-36)38-21-5-3-2-4-19(21)32-25(38)24(29)30/h2-5,16-18,20,24H,6-15H2,1H3,(H,33,40)(H,31,34,35)/t17-,18-,20-/m0/s1. The molecule has 0 radical (unpaired) electrons. The van der Waals surface area contributed by atoms with Gasteiger partial charge in [-0.15, -0.1) is 0 Å². The number of fused-ring (bicyclic) bond motifs is 1.